The van der Waals surface area contributed by atoms with Gasteiger partial charge in [-0.1, -0.05) is 0 Å². The molecule has 4 heteroatoms. The predicted molar refractivity (Wildman–Crippen MR) is 60.1 cm³/mol. The Morgan fingerprint density at radius 1 is 1.56 bits per heavy atom. The molecule has 1 heterocycles. The summed E-state index contributed by atoms with van der Waals surface area (Å²) in [7, 11) is 0. The van der Waals surface area contributed by atoms with E-state index in [9.17, 15) is 9.90 Å². The maximum absolute atomic E-state index is 12.0. The highest BCUT2D eigenvalue weighted by atomic mass is 16.6. The number of likely N-dealkylation sites (tertiary alicyclic amines) is 1. The molecular formula is C12H21NO3. The number of carbonyl (C=O) groups is 1. The molecule has 1 saturated carbocycles. The lowest BCUT2D eigenvalue weighted by atomic mass is 9.99. The first kappa shape index (κ1) is 11.7. The smallest absolute Gasteiger partial charge is 0.410 e. The maximum atomic E-state index is 12.0. The number of aliphatic hydroxyl groups is 1. The number of aliphatic hydroxyl groups excluding tert-OH is 1. The lowest BCUT2D eigenvalue weighted by molar-refractivity contribution is -0.00943. The second-order valence-electron chi connectivity index (χ2n) is 6.08. The van der Waals surface area contributed by atoms with Crippen molar-refractivity contribution in [1.29, 1.82) is 0 Å². The van der Waals surface area contributed by atoms with E-state index in [1.807, 2.05) is 20.8 Å². The highest BCUT2D eigenvalue weighted by Gasteiger charge is 2.53. The zero-order chi connectivity index (χ0) is 12.0. The number of rotatable bonds is 1. The maximum Gasteiger partial charge on any atom is 0.410 e. The van der Waals surface area contributed by atoms with E-state index in [4.69, 9.17) is 4.74 Å². The minimum absolute atomic E-state index is 0.0583. The van der Waals surface area contributed by atoms with Gasteiger partial charge in [-0.2, -0.15) is 0 Å². The number of fused-ring (bicyclic) bond motifs is 2. The molecular weight excluding hydrogens is 206 g/mol. The summed E-state index contributed by atoms with van der Waals surface area (Å²) in [6.07, 6.45) is 2.69. The molecule has 1 N–H and O–H groups in total. The molecule has 0 spiro atoms. The van der Waals surface area contributed by atoms with E-state index in [-0.39, 0.29) is 18.2 Å². The fourth-order valence-corrected chi connectivity index (χ4v) is 2.88. The molecule has 2 rings (SSSR count). The van der Waals surface area contributed by atoms with Crippen molar-refractivity contribution < 1.29 is 14.6 Å². The molecule has 0 aromatic rings. The molecule has 92 valence electrons. The van der Waals surface area contributed by atoms with Gasteiger partial charge in [0.25, 0.3) is 0 Å². The Labute approximate surface area is 96.6 Å². The van der Waals surface area contributed by atoms with Crippen molar-refractivity contribution in [2.75, 3.05) is 13.2 Å². The van der Waals surface area contributed by atoms with E-state index >= 15 is 0 Å². The summed E-state index contributed by atoms with van der Waals surface area (Å²) in [6, 6.07) is 0. The highest BCUT2D eigenvalue weighted by Crippen LogP contribution is 2.46. The fraction of sp³-hybridized carbons (Fsp3) is 0.917. The second-order valence-corrected chi connectivity index (χ2v) is 6.08. The minimum atomic E-state index is -0.463. The Morgan fingerprint density at radius 3 is 2.75 bits per heavy atom. The molecule has 1 amide bonds. The lowest BCUT2D eigenvalue weighted by Crippen LogP contribution is -2.52. The Hall–Kier alpha value is -0.770. The van der Waals surface area contributed by atoms with Crippen molar-refractivity contribution in [2.24, 2.45) is 5.92 Å². The highest BCUT2D eigenvalue weighted by molar-refractivity contribution is 5.70. The van der Waals surface area contributed by atoms with Crippen molar-refractivity contribution in [2.45, 2.75) is 51.2 Å². The van der Waals surface area contributed by atoms with Crippen LogP contribution in [0.3, 0.4) is 0 Å². The van der Waals surface area contributed by atoms with Crippen molar-refractivity contribution in [3.05, 3.63) is 0 Å². The third kappa shape index (κ3) is 1.90. The summed E-state index contributed by atoms with van der Waals surface area (Å²) in [4.78, 5) is 13.7. The van der Waals surface area contributed by atoms with Crippen molar-refractivity contribution >= 4 is 6.09 Å². The van der Waals surface area contributed by atoms with Gasteiger partial charge in [-0.15, -0.1) is 0 Å². The van der Waals surface area contributed by atoms with Crippen molar-refractivity contribution in [3.8, 4) is 0 Å². The van der Waals surface area contributed by atoms with Gasteiger partial charge in [-0.3, -0.25) is 4.90 Å². The van der Waals surface area contributed by atoms with Gasteiger partial charge >= 0.3 is 6.09 Å². The Kier molecular flexibility index (Phi) is 2.65. The quantitative estimate of drug-likeness (QED) is 0.742. The van der Waals surface area contributed by atoms with Crippen molar-refractivity contribution in [3.63, 3.8) is 0 Å². The standard InChI is InChI=1S/C12H21NO3/c1-11(2,3)16-10(15)13-7-9-4-5-12(13,6-9)8-14/h9,14H,4-8H2,1-3H3/t9-,12-/m0/s1. The van der Waals surface area contributed by atoms with Gasteiger partial charge in [-0.25, -0.2) is 4.79 Å². The summed E-state index contributed by atoms with van der Waals surface area (Å²) < 4.78 is 5.38. The van der Waals surface area contributed by atoms with Crippen LogP contribution in [0.4, 0.5) is 4.79 Å². The van der Waals surface area contributed by atoms with E-state index in [0.717, 1.165) is 25.8 Å². The van der Waals surface area contributed by atoms with E-state index in [1.165, 1.54) is 0 Å². The predicted octanol–water partition coefficient (Wildman–Crippen LogP) is 1.77. The normalized spacial score (nSPS) is 33.2. The summed E-state index contributed by atoms with van der Waals surface area (Å²) in [5, 5.41) is 9.51. The number of amides is 1. The van der Waals surface area contributed by atoms with Gasteiger partial charge in [0, 0.05) is 6.54 Å². The molecule has 0 unspecified atom stereocenters. The van der Waals surface area contributed by atoms with E-state index < -0.39 is 5.60 Å². The zero-order valence-corrected chi connectivity index (χ0v) is 10.3. The van der Waals surface area contributed by atoms with Crippen LogP contribution >= 0.6 is 0 Å². The summed E-state index contributed by atoms with van der Waals surface area (Å²) in [6.45, 7) is 6.40. The zero-order valence-electron chi connectivity index (χ0n) is 10.3. The fourth-order valence-electron chi connectivity index (χ4n) is 2.88. The SMILES string of the molecule is CC(C)(C)OC(=O)N1C[C@H]2CC[C@@]1(CO)C2. The minimum Gasteiger partial charge on any atom is -0.444 e. The Morgan fingerprint density at radius 2 is 2.25 bits per heavy atom. The molecule has 16 heavy (non-hydrogen) atoms. The van der Waals surface area contributed by atoms with Crippen molar-refractivity contribution in [1.82, 2.24) is 4.90 Å². The van der Waals surface area contributed by atoms with Crippen LogP contribution in [0.1, 0.15) is 40.0 Å². The van der Waals surface area contributed by atoms with Crippen LogP contribution in [-0.4, -0.2) is 40.4 Å². The molecule has 2 fully saturated rings. The summed E-state index contributed by atoms with van der Waals surface area (Å²) in [5.74, 6) is 0.555. The first-order chi connectivity index (χ1) is 7.36. The molecule has 2 atom stereocenters. The largest absolute Gasteiger partial charge is 0.444 e. The molecule has 4 nitrogen and oxygen atoms in total. The number of hydrogen-bond acceptors (Lipinski definition) is 3. The summed E-state index contributed by atoms with van der Waals surface area (Å²) >= 11 is 0. The molecule has 1 saturated heterocycles. The van der Waals surface area contributed by atoms with Gasteiger partial charge in [0.1, 0.15) is 5.60 Å². The van der Waals surface area contributed by atoms with Crippen LogP contribution in [0.25, 0.3) is 0 Å². The molecule has 1 aliphatic heterocycles. The molecule has 0 aromatic heterocycles. The average Bonchev–Trinajstić information content (AvgIpc) is 2.72. The van der Waals surface area contributed by atoms with Crippen LogP contribution < -0.4 is 0 Å². The van der Waals surface area contributed by atoms with Crippen LogP contribution in [0.5, 0.6) is 0 Å². The van der Waals surface area contributed by atoms with E-state index in [0.29, 0.717) is 5.92 Å². The molecule has 0 radical (unpaired) electrons. The first-order valence-electron chi connectivity index (χ1n) is 5.98. The van der Waals surface area contributed by atoms with Crippen LogP contribution in [-0.2, 0) is 4.74 Å². The number of hydrogen-bond donors (Lipinski definition) is 1. The third-order valence-electron chi connectivity index (χ3n) is 3.61. The van der Waals surface area contributed by atoms with E-state index in [2.05, 4.69) is 0 Å². The van der Waals surface area contributed by atoms with Gasteiger partial charge in [-0.05, 0) is 46.0 Å². The number of carbonyl (C=O) groups excluding carboxylic acids is 1. The van der Waals surface area contributed by atoms with Gasteiger partial charge in [0.2, 0.25) is 0 Å². The number of ether oxygens (including phenoxy) is 1. The lowest BCUT2D eigenvalue weighted by Gasteiger charge is -2.38. The van der Waals surface area contributed by atoms with Crippen LogP contribution in [0, 0.1) is 5.92 Å². The van der Waals surface area contributed by atoms with E-state index in [1.54, 1.807) is 4.90 Å². The molecule has 0 aromatic carbocycles. The van der Waals surface area contributed by atoms with Crippen LogP contribution in [0.2, 0.25) is 0 Å². The topological polar surface area (TPSA) is 49.8 Å². The van der Waals surface area contributed by atoms with Gasteiger partial charge < -0.3 is 9.84 Å². The average molecular weight is 227 g/mol. The first-order valence-corrected chi connectivity index (χ1v) is 5.98. The molecule has 1 aliphatic carbocycles. The molecule has 2 bridgehead atoms. The Balaban J connectivity index is 2.08. The third-order valence-corrected chi connectivity index (χ3v) is 3.61. The van der Waals surface area contributed by atoms with Gasteiger partial charge in [0.15, 0.2) is 0 Å². The van der Waals surface area contributed by atoms with Crippen LogP contribution in [0.15, 0.2) is 0 Å². The summed E-state index contributed by atoms with van der Waals surface area (Å²) in [5.41, 5.74) is -0.789. The Bertz CT molecular complexity index is 297. The monoisotopic (exact) mass is 227 g/mol. The second kappa shape index (κ2) is 3.62. The molecule has 2 aliphatic rings. The number of piperidine rings is 1. The number of nitrogens with zero attached hydrogens (tertiary/aromatic N) is 1. The van der Waals surface area contributed by atoms with Gasteiger partial charge in [0.05, 0.1) is 12.1 Å².